The van der Waals surface area contributed by atoms with E-state index in [4.69, 9.17) is 53.1 Å². The van der Waals surface area contributed by atoms with Crippen LogP contribution in [0.4, 0.5) is 0 Å². The zero-order valence-corrected chi connectivity index (χ0v) is 55.9. The number of carboxylic acid groups (broad SMARTS) is 1. The summed E-state index contributed by atoms with van der Waals surface area (Å²) in [5.74, 6) is -11.5. The molecule has 0 aromatic carbocycles. The van der Waals surface area contributed by atoms with E-state index >= 15 is 0 Å². The molecule has 7 heterocycles. The summed E-state index contributed by atoms with van der Waals surface area (Å²) in [6.07, 6.45) is -43.9. The fourth-order valence-corrected chi connectivity index (χ4v) is 13.4. The van der Waals surface area contributed by atoms with Crippen LogP contribution in [-0.2, 0) is 85.7 Å². The van der Waals surface area contributed by atoms with Gasteiger partial charge < -0.3 is 166 Å². The molecule has 0 aromatic heterocycles. The van der Waals surface area contributed by atoms with Crippen molar-refractivity contribution >= 4 is 47.3 Å². The lowest BCUT2D eigenvalue weighted by Gasteiger charge is -2.51. The maximum absolute atomic E-state index is 14.3. The lowest BCUT2D eigenvalue weighted by atomic mass is 9.88. The smallest absolute Gasteiger partial charge is 0.364 e. The Balaban J connectivity index is 1.08. The highest BCUT2D eigenvalue weighted by Crippen LogP contribution is 2.40. The van der Waals surface area contributed by atoms with Crippen molar-refractivity contribution in [3.05, 3.63) is 0 Å². The Morgan fingerprint density at radius 3 is 1.76 bits per heavy atom. The highest BCUT2D eigenvalue weighted by Gasteiger charge is 2.61. The summed E-state index contributed by atoms with van der Waals surface area (Å²) in [4.78, 5) is 108. The largest absolute Gasteiger partial charge is 0.477 e. The van der Waals surface area contributed by atoms with Crippen molar-refractivity contribution in [1.82, 2.24) is 36.4 Å². The van der Waals surface area contributed by atoms with Crippen LogP contribution in [0, 0.1) is 5.92 Å². The number of nitrogens with zero attached hydrogens (tertiary/aromatic N) is 2. The van der Waals surface area contributed by atoms with Crippen molar-refractivity contribution < 1.29 is 162 Å². The molecule has 572 valence electrons. The first kappa shape index (κ1) is 82.1. The number of carbonyl (C=O) groups excluding carboxylic acids is 7. The molecule has 7 aliphatic heterocycles. The van der Waals surface area contributed by atoms with Gasteiger partial charge in [-0.1, -0.05) is 6.92 Å². The molecule has 0 spiro atoms. The minimum absolute atomic E-state index is 0.120. The molecule has 0 radical (unpaired) electrons. The van der Waals surface area contributed by atoms with Crippen LogP contribution in [0.2, 0.25) is 0 Å². The third-order valence-corrected chi connectivity index (χ3v) is 19.0. The van der Waals surface area contributed by atoms with E-state index in [1.807, 2.05) is 0 Å². The Labute approximate surface area is 572 Å². The first-order chi connectivity index (χ1) is 47.1. The predicted octanol–water partition coefficient (Wildman–Crippen LogP) is -12.7. The Morgan fingerprint density at radius 1 is 0.630 bits per heavy atom. The van der Waals surface area contributed by atoms with E-state index in [9.17, 15) is 115 Å². The summed E-state index contributed by atoms with van der Waals surface area (Å²) < 4.78 is 59.6. The van der Waals surface area contributed by atoms with Crippen LogP contribution < -0.4 is 32.3 Å². The minimum atomic E-state index is -3.17. The number of hydrogen-bond acceptors (Lipinski definition) is 33. The summed E-state index contributed by atoms with van der Waals surface area (Å²) in [7, 11) is 1.36. The van der Waals surface area contributed by atoms with Gasteiger partial charge in [0.05, 0.1) is 57.4 Å². The molecule has 41 nitrogen and oxygen atoms in total. The first-order valence-corrected chi connectivity index (χ1v) is 32.9. The fraction of sp³-hybridized carbons (Fsp3) is 0.864. The van der Waals surface area contributed by atoms with Gasteiger partial charge >= 0.3 is 5.97 Å². The third-order valence-electron chi connectivity index (χ3n) is 19.0. The van der Waals surface area contributed by atoms with Crippen LogP contribution in [0.25, 0.3) is 0 Å². The zero-order chi connectivity index (χ0) is 74.3. The first-order valence-electron chi connectivity index (χ1n) is 32.9. The molecule has 32 atom stereocenters. The Kier molecular flexibility index (Phi) is 29.1. The predicted molar refractivity (Wildman–Crippen MR) is 325 cm³/mol. The molecule has 0 aliphatic carbocycles. The van der Waals surface area contributed by atoms with Crippen LogP contribution in [-0.4, -0.2) is 376 Å². The molecule has 7 rings (SSSR count). The molecule has 7 aliphatic rings. The van der Waals surface area contributed by atoms with Gasteiger partial charge in [0, 0.05) is 39.3 Å². The summed E-state index contributed by atoms with van der Waals surface area (Å²) in [5.41, 5.74) is 5.33. The number of amides is 7. The van der Waals surface area contributed by atoms with Crippen molar-refractivity contribution in [2.75, 3.05) is 53.2 Å². The lowest BCUT2D eigenvalue weighted by Crippen LogP contribution is -2.70. The van der Waals surface area contributed by atoms with Crippen molar-refractivity contribution in [2.24, 2.45) is 11.7 Å². The van der Waals surface area contributed by atoms with Crippen molar-refractivity contribution in [1.29, 1.82) is 0 Å². The molecule has 15 unspecified atom stereocenters. The molecule has 22 N–H and O–H groups in total. The number of aliphatic hydroxyl groups excluding tert-OH is 14. The van der Waals surface area contributed by atoms with E-state index in [0.29, 0.717) is 19.3 Å². The number of nitrogens with two attached hydrogens (primary N) is 1. The van der Waals surface area contributed by atoms with Gasteiger partial charge in [-0.05, 0) is 53.5 Å². The zero-order valence-electron chi connectivity index (χ0n) is 55.9. The Hall–Kier alpha value is -5.24. The van der Waals surface area contributed by atoms with Crippen LogP contribution in [0.1, 0.15) is 73.6 Å². The highest BCUT2D eigenvalue weighted by molar-refractivity contribution is 5.96. The van der Waals surface area contributed by atoms with E-state index < -0.39 is 282 Å². The standard InChI is InChI=1S/C59H98N8O33/c1-20-37(76)45(97-57-44(83)48(40(79)31(17-70)94-57)100-59(58(89)90)14-28(74)35(64-24(5)72)47(99-59)38(77)29(75)15-68)32(18-71)95-54(20)91-19-33-41(80)46(98-56-43(82)42(81)39(78)30(16-69)93-56)36(65-25(6)73)55(96-33)92-23(4)34(61-7)51(86)63-22(3)52(87)67-13-9-11-27(67)53(88)66-12-8-10-26(66)50(85)62-21(2)49(60)84/h20-23,26-48,54-57,61,68-71,74-83H,8-19H2,1-7H3,(H2,60,84)(H,62,85)(H,63,86)(H,64,72)(H,65,73)(H,89,90)/t20-,21?,22?,23?,26?,27?,28+,29-,30?,31?,32?,33?,34?,35-,36-,37?,38-,39+,40+,41+,42?,43-,44-,45+,46?,47?,48?,54-,55-,56+,57+,59+/m1/s1. The fourth-order valence-electron chi connectivity index (χ4n) is 13.4. The topological polar surface area (TPSA) is 625 Å². The summed E-state index contributed by atoms with van der Waals surface area (Å²) in [6, 6.07) is -8.97. The number of likely N-dealkylation sites (N-methyl/N-ethyl adjacent to an activating group) is 1. The number of primary amides is 1. The quantitative estimate of drug-likeness (QED) is 0.0331. The number of aliphatic hydroxyl groups is 14. The number of carboxylic acids is 1. The van der Waals surface area contributed by atoms with Gasteiger partial charge in [0.15, 0.2) is 25.2 Å². The van der Waals surface area contributed by atoms with Gasteiger partial charge in [0.2, 0.25) is 41.4 Å². The summed E-state index contributed by atoms with van der Waals surface area (Å²) in [5, 5.41) is 176. The monoisotopic (exact) mass is 1450 g/mol. The molecule has 0 saturated carbocycles. The molecule has 41 heteroatoms. The number of aliphatic carboxylic acids is 1. The number of nitrogens with one attached hydrogen (secondary N) is 5. The maximum atomic E-state index is 14.3. The number of likely N-dealkylation sites (tertiary alicyclic amines) is 2. The van der Waals surface area contributed by atoms with Crippen LogP contribution in [0.3, 0.4) is 0 Å². The van der Waals surface area contributed by atoms with Gasteiger partial charge in [-0.25, -0.2) is 4.79 Å². The van der Waals surface area contributed by atoms with E-state index in [0.717, 1.165) is 13.8 Å². The lowest BCUT2D eigenvalue weighted by molar-refractivity contribution is -0.385. The minimum Gasteiger partial charge on any atom is -0.477 e. The highest BCUT2D eigenvalue weighted by atomic mass is 16.8. The van der Waals surface area contributed by atoms with Crippen LogP contribution in [0.15, 0.2) is 0 Å². The van der Waals surface area contributed by atoms with Crippen LogP contribution in [0.5, 0.6) is 0 Å². The van der Waals surface area contributed by atoms with E-state index in [1.165, 1.54) is 44.5 Å². The van der Waals surface area contributed by atoms with Gasteiger partial charge in [-0.3, -0.25) is 33.6 Å². The van der Waals surface area contributed by atoms with Gasteiger partial charge in [0.1, 0.15) is 134 Å². The normalized spacial score (nSPS) is 39.7. The number of ether oxygens (including phenoxy) is 10. The summed E-state index contributed by atoms with van der Waals surface area (Å²) in [6.45, 7) is 2.91. The second kappa shape index (κ2) is 35.5. The second-order valence-electron chi connectivity index (χ2n) is 26.1. The van der Waals surface area contributed by atoms with Gasteiger partial charge in [0.25, 0.3) is 5.79 Å². The molecule has 100 heavy (non-hydrogen) atoms. The molecule has 0 aromatic rings. The SMILES string of the molecule is CNC(C(=O)NC(C)C(=O)N1CCCC1C(=O)N1CCCC1C(=O)NC(C)C(N)=O)C(C)O[C@@H]1OC(CO[C@@H]2OC(CO)[C@H](O[C@@H]3OC(CO)[C@H](O)C(O[C@]4(C(=O)O)C[C@H](O)[C@@H](NC(C)=O)C([C@H](O)[C@H](O)CO)O4)[C@H]3O)C(O)[C@H]2C)[C@H](O)C(O[C@@H]2OC(CO)[C@H](O)C(O)[C@H]2O)[C@H]1NC(C)=O. The maximum Gasteiger partial charge on any atom is 0.364 e. The second-order valence-corrected chi connectivity index (χ2v) is 26.1. The van der Waals surface area contributed by atoms with E-state index in [2.05, 4.69) is 26.6 Å². The van der Waals surface area contributed by atoms with Crippen LogP contribution >= 0.6 is 0 Å². The van der Waals surface area contributed by atoms with Crippen molar-refractivity contribution in [3.63, 3.8) is 0 Å². The van der Waals surface area contributed by atoms with E-state index in [-0.39, 0.29) is 19.5 Å². The molecular weight excluding hydrogens is 1350 g/mol. The Morgan fingerprint density at radius 2 is 1.18 bits per heavy atom. The van der Waals surface area contributed by atoms with E-state index in [1.54, 1.807) is 0 Å². The third kappa shape index (κ3) is 18.3. The Bertz CT molecular complexity index is 2790. The number of hydrogen-bond donors (Lipinski definition) is 21. The average Bonchev–Trinajstić information content (AvgIpc) is 1.02. The number of carbonyl (C=O) groups is 8. The molecule has 7 amide bonds. The van der Waals surface area contributed by atoms with Crippen molar-refractivity contribution in [3.8, 4) is 0 Å². The molecule has 7 fully saturated rings. The van der Waals surface area contributed by atoms with Gasteiger partial charge in [-0.2, -0.15) is 0 Å². The number of rotatable bonds is 29. The molecule has 0 bridgehead atoms. The summed E-state index contributed by atoms with van der Waals surface area (Å²) >= 11 is 0. The average molecular weight is 1450 g/mol. The molecular formula is C59H98N8O33. The van der Waals surface area contributed by atoms with Crippen molar-refractivity contribution in [2.45, 2.75) is 263 Å². The molecule has 7 saturated heterocycles. The van der Waals surface area contributed by atoms with Gasteiger partial charge in [-0.15, -0.1) is 0 Å².